The lowest BCUT2D eigenvalue weighted by Gasteiger charge is -2.09. The van der Waals surface area contributed by atoms with Crippen LogP contribution in [0.4, 0.5) is 13.9 Å². The SMILES string of the molecule is Fc1cccc(F)c1CCCNC(=S)Nc1nccs1. The summed E-state index contributed by atoms with van der Waals surface area (Å²) in [7, 11) is 0. The molecule has 2 aromatic rings. The van der Waals surface area contributed by atoms with Crippen LogP contribution in [0.15, 0.2) is 29.8 Å². The van der Waals surface area contributed by atoms with E-state index < -0.39 is 11.6 Å². The molecule has 0 saturated carbocycles. The van der Waals surface area contributed by atoms with Crippen molar-refractivity contribution in [3.8, 4) is 0 Å². The lowest BCUT2D eigenvalue weighted by atomic mass is 10.1. The van der Waals surface area contributed by atoms with Gasteiger partial charge in [0.1, 0.15) is 11.6 Å². The summed E-state index contributed by atoms with van der Waals surface area (Å²) < 4.78 is 26.8. The number of anilines is 1. The molecule has 0 amide bonds. The molecule has 0 aliphatic heterocycles. The highest BCUT2D eigenvalue weighted by atomic mass is 32.1. The van der Waals surface area contributed by atoms with Crippen molar-refractivity contribution in [2.45, 2.75) is 12.8 Å². The third kappa shape index (κ3) is 4.21. The van der Waals surface area contributed by atoms with Crippen molar-refractivity contribution in [3.63, 3.8) is 0 Å². The molecule has 20 heavy (non-hydrogen) atoms. The molecule has 3 nitrogen and oxygen atoms in total. The Morgan fingerprint density at radius 2 is 2.05 bits per heavy atom. The van der Waals surface area contributed by atoms with Gasteiger partial charge >= 0.3 is 0 Å². The van der Waals surface area contributed by atoms with E-state index in [1.807, 2.05) is 5.38 Å². The molecule has 0 radical (unpaired) electrons. The minimum absolute atomic E-state index is 0.119. The predicted molar refractivity (Wildman–Crippen MR) is 81.0 cm³/mol. The quantitative estimate of drug-likeness (QED) is 0.656. The first-order valence-corrected chi connectivity index (χ1v) is 7.33. The van der Waals surface area contributed by atoms with Crippen LogP contribution in [-0.2, 0) is 6.42 Å². The Morgan fingerprint density at radius 1 is 1.30 bits per heavy atom. The molecule has 1 aromatic heterocycles. The second-order valence-corrected chi connectivity index (χ2v) is 5.32. The van der Waals surface area contributed by atoms with E-state index in [1.165, 1.54) is 29.5 Å². The van der Waals surface area contributed by atoms with Gasteiger partial charge in [0.2, 0.25) is 0 Å². The van der Waals surface area contributed by atoms with Crippen molar-refractivity contribution in [3.05, 3.63) is 47.0 Å². The highest BCUT2D eigenvalue weighted by Crippen LogP contribution is 2.13. The monoisotopic (exact) mass is 313 g/mol. The summed E-state index contributed by atoms with van der Waals surface area (Å²) in [5.74, 6) is -1.01. The van der Waals surface area contributed by atoms with Crippen LogP contribution < -0.4 is 10.6 Å². The van der Waals surface area contributed by atoms with Gasteiger partial charge in [-0.2, -0.15) is 0 Å². The van der Waals surface area contributed by atoms with E-state index >= 15 is 0 Å². The Balaban J connectivity index is 1.72. The number of hydrogen-bond acceptors (Lipinski definition) is 3. The molecule has 2 rings (SSSR count). The molecule has 0 saturated heterocycles. The lowest BCUT2D eigenvalue weighted by Crippen LogP contribution is -2.29. The summed E-state index contributed by atoms with van der Waals surface area (Å²) >= 11 is 6.52. The summed E-state index contributed by atoms with van der Waals surface area (Å²) in [4.78, 5) is 4.04. The fourth-order valence-corrected chi connectivity index (χ4v) is 2.46. The smallest absolute Gasteiger partial charge is 0.188 e. The maximum absolute atomic E-state index is 13.4. The van der Waals surface area contributed by atoms with E-state index in [4.69, 9.17) is 12.2 Å². The van der Waals surface area contributed by atoms with Gasteiger partial charge in [0.15, 0.2) is 10.2 Å². The number of thiazole rings is 1. The van der Waals surface area contributed by atoms with Crippen LogP contribution in [0, 0.1) is 11.6 Å². The van der Waals surface area contributed by atoms with Gasteiger partial charge in [-0.05, 0) is 37.2 Å². The number of nitrogens with zero attached hydrogens (tertiary/aromatic N) is 1. The molecular weight excluding hydrogens is 300 g/mol. The maximum atomic E-state index is 13.4. The first-order chi connectivity index (χ1) is 9.66. The molecule has 1 aromatic carbocycles. The van der Waals surface area contributed by atoms with Gasteiger partial charge in [0.05, 0.1) is 0 Å². The van der Waals surface area contributed by atoms with E-state index in [9.17, 15) is 8.78 Å². The Morgan fingerprint density at radius 3 is 2.70 bits per heavy atom. The van der Waals surface area contributed by atoms with E-state index in [2.05, 4.69) is 15.6 Å². The molecule has 2 N–H and O–H groups in total. The zero-order chi connectivity index (χ0) is 14.4. The predicted octanol–water partition coefficient (Wildman–Crippen LogP) is 3.34. The lowest BCUT2D eigenvalue weighted by molar-refractivity contribution is 0.549. The van der Waals surface area contributed by atoms with Crippen LogP contribution in [0.5, 0.6) is 0 Å². The van der Waals surface area contributed by atoms with E-state index in [1.54, 1.807) is 6.20 Å². The van der Waals surface area contributed by atoms with Gasteiger partial charge in [0, 0.05) is 23.7 Å². The first-order valence-electron chi connectivity index (χ1n) is 6.04. The standard InChI is InChI=1S/C13H13F2N3S2/c14-10-4-1-5-11(15)9(10)3-2-6-16-12(19)18-13-17-7-8-20-13/h1,4-5,7-8H,2-3,6H2,(H2,16,17,18,19). The summed E-state index contributed by atoms with van der Waals surface area (Å²) in [6.07, 6.45) is 2.58. The molecular formula is C13H13F2N3S2. The minimum Gasteiger partial charge on any atom is -0.362 e. The topological polar surface area (TPSA) is 37.0 Å². The second kappa shape index (κ2) is 7.25. The van der Waals surface area contributed by atoms with Crippen molar-refractivity contribution >= 4 is 33.8 Å². The van der Waals surface area contributed by atoms with Gasteiger partial charge in [-0.3, -0.25) is 0 Å². The van der Waals surface area contributed by atoms with Crippen molar-refractivity contribution in [1.29, 1.82) is 0 Å². The molecule has 0 atom stereocenters. The van der Waals surface area contributed by atoms with Crippen molar-refractivity contribution < 1.29 is 8.78 Å². The fourth-order valence-electron chi connectivity index (χ4n) is 1.66. The Hall–Kier alpha value is -1.60. The van der Waals surface area contributed by atoms with Crippen LogP contribution in [-0.4, -0.2) is 16.6 Å². The van der Waals surface area contributed by atoms with E-state index in [0.29, 0.717) is 29.6 Å². The third-order valence-electron chi connectivity index (χ3n) is 2.60. The molecule has 106 valence electrons. The highest BCUT2D eigenvalue weighted by Gasteiger charge is 2.07. The van der Waals surface area contributed by atoms with Gasteiger partial charge in [-0.15, -0.1) is 11.3 Å². The number of hydrogen-bond donors (Lipinski definition) is 2. The molecule has 0 aliphatic carbocycles. The fraction of sp³-hybridized carbons (Fsp3) is 0.231. The van der Waals surface area contributed by atoms with Crippen molar-refractivity contribution in [2.24, 2.45) is 0 Å². The van der Waals surface area contributed by atoms with Crippen LogP contribution in [0.1, 0.15) is 12.0 Å². The maximum Gasteiger partial charge on any atom is 0.188 e. The van der Waals surface area contributed by atoms with Gasteiger partial charge < -0.3 is 10.6 Å². The van der Waals surface area contributed by atoms with Gasteiger partial charge in [-0.1, -0.05) is 6.07 Å². The molecule has 0 spiro atoms. The molecule has 0 unspecified atom stereocenters. The van der Waals surface area contributed by atoms with Crippen LogP contribution in [0.3, 0.4) is 0 Å². The van der Waals surface area contributed by atoms with Crippen LogP contribution in [0.2, 0.25) is 0 Å². The molecule has 0 aliphatic rings. The number of benzene rings is 1. The molecule has 1 heterocycles. The minimum atomic E-state index is -0.506. The van der Waals surface area contributed by atoms with E-state index in [-0.39, 0.29) is 5.56 Å². The molecule has 7 heteroatoms. The highest BCUT2D eigenvalue weighted by molar-refractivity contribution is 7.80. The van der Waals surface area contributed by atoms with Crippen LogP contribution in [0.25, 0.3) is 0 Å². The van der Waals surface area contributed by atoms with Crippen molar-refractivity contribution in [2.75, 3.05) is 11.9 Å². The normalized spacial score (nSPS) is 10.3. The molecule has 0 bridgehead atoms. The Bertz CT molecular complexity index is 553. The van der Waals surface area contributed by atoms with Crippen molar-refractivity contribution in [1.82, 2.24) is 10.3 Å². The average Bonchev–Trinajstić information content (AvgIpc) is 2.90. The Labute approximate surface area is 125 Å². The number of aromatic nitrogens is 1. The summed E-state index contributed by atoms with van der Waals surface area (Å²) in [5, 5.41) is 8.90. The first kappa shape index (κ1) is 14.8. The average molecular weight is 313 g/mol. The summed E-state index contributed by atoms with van der Waals surface area (Å²) in [6.45, 7) is 0.533. The number of nitrogens with one attached hydrogen (secondary N) is 2. The second-order valence-electron chi connectivity index (χ2n) is 4.02. The third-order valence-corrected chi connectivity index (χ3v) is 3.54. The molecule has 0 fully saturated rings. The number of halogens is 2. The zero-order valence-corrected chi connectivity index (χ0v) is 12.2. The van der Waals surface area contributed by atoms with Gasteiger partial charge in [0.25, 0.3) is 0 Å². The number of thiocarbonyl (C=S) groups is 1. The summed E-state index contributed by atoms with van der Waals surface area (Å²) in [5.41, 5.74) is 0.119. The Kier molecular flexibility index (Phi) is 5.37. The summed E-state index contributed by atoms with van der Waals surface area (Å²) in [6, 6.07) is 3.89. The van der Waals surface area contributed by atoms with E-state index in [0.717, 1.165) is 0 Å². The van der Waals surface area contributed by atoms with Crippen LogP contribution >= 0.6 is 23.6 Å². The zero-order valence-electron chi connectivity index (χ0n) is 10.5. The largest absolute Gasteiger partial charge is 0.362 e. The number of rotatable bonds is 5. The van der Waals surface area contributed by atoms with Gasteiger partial charge in [-0.25, -0.2) is 13.8 Å².